The summed E-state index contributed by atoms with van der Waals surface area (Å²) in [5.41, 5.74) is 1.26. The van der Waals surface area contributed by atoms with Crippen LogP contribution in [-0.2, 0) is 0 Å². The summed E-state index contributed by atoms with van der Waals surface area (Å²) in [6.45, 7) is 3.46. The highest BCUT2D eigenvalue weighted by Crippen LogP contribution is 2.34. The van der Waals surface area contributed by atoms with Crippen molar-refractivity contribution < 1.29 is 14.6 Å². The minimum absolute atomic E-state index is 0.0996. The van der Waals surface area contributed by atoms with Crippen LogP contribution in [0.25, 0.3) is 0 Å². The van der Waals surface area contributed by atoms with Gasteiger partial charge in [0.1, 0.15) is 13.2 Å². The molecule has 116 valence electrons. The van der Waals surface area contributed by atoms with Gasteiger partial charge in [-0.1, -0.05) is 13.0 Å². The monoisotopic (exact) mass is 291 g/mol. The van der Waals surface area contributed by atoms with Crippen molar-refractivity contribution in [1.29, 1.82) is 0 Å². The van der Waals surface area contributed by atoms with Gasteiger partial charge in [0.05, 0.1) is 6.10 Å². The topological polar surface area (TPSA) is 50.7 Å². The van der Waals surface area contributed by atoms with E-state index in [1.54, 1.807) is 0 Å². The van der Waals surface area contributed by atoms with Crippen molar-refractivity contribution in [2.24, 2.45) is 0 Å². The highest BCUT2D eigenvalue weighted by Gasteiger charge is 2.23. The summed E-state index contributed by atoms with van der Waals surface area (Å²) < 4.78 is 11.3. The number of rotatable bonds is 4. The van der Waals surface area contributed by atoms with E-state index in [0.717, 1.165) is 43.6 Å². The fraction of sp³-hybridized carbons (Fsp3) is 0.647. The number of ether oxygens (including phenoxy) is 2. The van der Waals surface area contributed by atoms with E-state index in [0.29, 0.717) is 25.3 Å². The van der Waals surface area contributed by atoms with Crippen LogP contribution in [0.4, 0.5) is 0 Å². The Hall–Kier alpha value is -1.26. The van der Waals surface area contributed by atoms with Crippen LogP contribution in [0.2, 0.25) is 0 Å². The van der Waals surface area contributed by atoms with Gasteiger partial charge >= 0.3 is 0 Å². The molecule has 0 amide bonds. The molecule has 1 fully saturated rings. The Labute approximate surface area is 126 Å². The molecule has 1 aliphatic heterocycles. The van der Waals surface area contributed by atoms with E-state index < -0.39 is 0 Å². The summed E-state index contributed by atoms with van der Waals surface area (Å²) in [7, 11) is 0. The van der Waals surface area contributed by atoms with Crippen molar-refractivity contribution in [1.82, 2.24) is 5.32 Å². The zero-order valence-electron chi connectivity index (χ0n) is 12.7. The van der Waals surface area contributed by atoms with Gasteiger partial charge in [0.15, 0.2) is 11.5 Å². The van der Waals surface area contributed by atoms with Crippen molar-refractivity contribution >= 4 is 0 Å². The number of hydrogen-bond donors (Lipinski definition) is 2. The minimum Gasteiger partial charge on any atom is -0.486 e. The molecule has 0 spiro atoms. The van der Waals surface area contributed by atoms with E-state index in [4.69, 9.17) is 9.47 Å². The Morgan fingerprint density at radius 3 is 2.57 bits per heavy atom. The van der Waals surface area contributed by atoms with Gasteiger partial charge in [-0.15, -0.1) is 0 Å². The molecule has 0 radical (unpaired) electrons. The molecule has 3 rings (SSSR count). The molecular weight excluding hydrogens is 266 g/mol. The first-order valence-corrected chi connectivity index (χ1v) is 8.10. The number of aliphatic hydroxyl groups is 1. The molecule has 1 aromatic rings. The Morgan fingerprint density at radius 2 is 1.86 bits per heavy atom. The normalized spacial score (nSPS) is 26.4. The number of aliphatic hydroxyl groups excluding tert-OH is 1. The molecule has 2 N–H and O–H groups in total. The maximum atomic E-state index is 9.61. The van der Waals surface area contributed by atoms with Crippen LogP contribution in [0.1, 0.15) is 50.6 Å². The van der Waals surface area contributed by atoms with Gasteiger partial charge in [0.2, 0.25) is 0 Å². The van der Waals surface area contributed by atoms with Crippen LogP contribution in [0.15, 0.2) is 18.2 Å². The van der Waals surface area contributed by atoms with Crippen molar-refractivity contribution in [3.63, 3.8) is 0 Å². The average molecular weight is 291 g/mol. The molecule has 1 aromatic carbocycles. The molecule has 4 nitrogen and oxygen atoms in total. The summed E-state index contributed by atoms with van der Waals surface area (Å²) in [6.07, 6.45) is 4.88. The summed E-state index contributed by atoms with van der Waals surface area (Å²) in [6, 6.07) is 7.09. The van der Waals surface area contributed by atoms with Gasteiger partial charge in [0, 0.05) is 12.1 Å². The molecular formula is C17H25NO3. The molecule has 1 aliphatic carbocycles. The zero-order chi connectivity index (χ0) is 14.7. The average Bonchev–Trinajstić information content (AvgIpc) is 2.54. The van der Waals surface area contributed by atoms with Crippen LogP contribution in [0, 0.1) is 0 Å². The van der Waals surface area contributed by atoms with Crippen molar-refractivity contribution in [2.45, 2.75) is 57.2 Å². The second-order valence-corrected chi connectivity index (χ2v) is 6.04. The van der Waals surface area contributed by atoms with Gasteiger partial charge in [-0.3, -0.25) is 0 Å². The van der Waals surface area contributed by atoms with Gasteiger partial charge in [-0.05, 0) is 49.8 Å². The quantitative estimate of drug-likeness (QED) is 0.895. The number of fused-ring (bicyclic) bond motifs is 1. The first-order valence-electron chi connectivity index (χ1n) is 8.10. The Morgan fingerprint density at radius 1 is 1.14 bits per heavy atom. The van der Waals surface area contributed by atoms with Gasteiger partial charge in [0.25, 0.3) is 0 Å². The second-order valence-electron chi connectivity index (χ2n) is 6.04. The number of hydrogen-bond acceptors (Lipinski definition) is 4. The number of nitrogens with one attached hydrogen (secondary N) is 1. The Bertz CT molecular complexity index is 469. The third-order valence-corrected chi connectivity index (χ3v) is 4.51. The van der Waals surface area contributed by atoms with Crippen LogP contribution < -0.4 is 14.8 Å². The lowest BCUT2D eigenvalue weighted by molar-refractivity contribution is 0.114. The Balaban J connectivity index is 1.68. The van der Waals surface area contributed by atoms with Gasteiger partial charge < -0.3 is 19.9 Å². The standard InChI is InChI=1S/C17H25NO3/c1-2-15(18-13-4-6-14(19)7-5-13)12-3-8-16-17(11-12)21-10-9-20-16/h3,8,11,13-15,18-19H,2,4-7,9-10H2,1H3. The summed E-state index contributed by atoms with van der Waals surface area (Å²) in [5, 5.41) is 13.4. The molecule has 0 saturated heterocycles. The summed E-state index contributed by atoms with van der Waals surface area (Å²) in [5.74, 6) is 1.71. The second kappa shape index (κ2) is 6.67. The maximum Gasteiger partial charge on any atom is 0.161 e. The minimum atomic E-state index is -0.0996. The van der Waals surface area contributed by atoms with E-state index in [2.05, 4.69) is 24.4 Å². The maximum absolute atomic E-state index is 9.61. The molecule has 4 heteroatoms. The predicted octanol–water partition coefficient (Wildman–Crippen LogP) is 2.80. The smallest absolute Gasteiger partial charge is 0.161 e. The highest BCUT2D eigenvalue weighted by molar-refractivity contribution is 5.44. The molecule has 1 atom stereocenters. The van der Waals surface area contributed by atoms with E-state index >= 15 is 0 Å². The van der Waals surface area contributed by atoms with E-state index in [9.17, 15) is 5.11 Å². The first kappa shape index (κ1) is 14.7. The fourth-order valence-electron chi connectivity index (χ4n) is 3.25. The third-order valence-electron chi connectivity index (χ3n) is 4.51. The van der Waals surface area contributed by atoms with Crippen LogP contribution in [0.3, 0.4) is 0 Å². The van der Waals surface area contributed by atoms with Gasteiger partial charge in [-0.2, -0.15) is 0 Å². The Kier molecular flexibility index (Phi) is 4.66. The molecule has 1 saturated carbocycles. The first-order chi connectivity index (χ1) is 10.3. The van der Waals surface area contributed by atoms with E-state index in [-0.39, 0.29) is 6.10 Å². The largest absolute Gasteiger partial charge is 0.486 e. The number of benzene rings is 1. The molecule has 0 aromatic heterocycles. The van der Waals surface area contributed by atoms with Gasteiger partial charge in [-0.25, -0.2) is 0 Å². The zero-order valence-corrected chi connectivity index (χ0v) is 12.7. The SMILES string of the molecule is CCC(NC1CCC(O)CC1)c1ccc2c(c1)OCCO2. The molecule has 1 unspecified atom stereocenters. The van der Waals surface area contributed by atoms with Crippen LogP contribution in [-0.4, -0.2) is 30.5 Å². The van der Waals surface area contributed by atoms with Crippen LogP contribution in [0.5, 0.6) is 11.5 Å². The fourth-order valence-corrected chi connectivity index (χ4v) is 3.25. The summed E-state index contributed by atoms with van der Waals surface area (Å²) in [4.78, 5) is 0. The van der Waals surface area contributed by atoms with E-state index in [1.165, 1.54) is 5.56 Å². The lowest BCUT2D eigenvalue weighted by Crippen LogP contribution is -2.37. The molecule has 1 heterocycles. The summed E-state index contributed by atoms with van der Waals surface area (Å²) >= 11 is 0. The van der Waals surface area contributed by atoms with Crippen LogP contribution >= 0.6 is 0 Å². The molecule has 0 bridgehead atoms. The van der Waals surface area contributed by atoms with Crippen molar-refractivity contribution in [3.8, 4) is 11.5 Å². The van der Waals surface area contributed by atoms with Crippen molar-refractivity contribution in [3.05, 3.63) is 23.8 Å². The highest BCUT2D eigenvalue weighted by atomic mass is 16.6. The lowest BCUT2D eigenvalue weighted by atomic mass is 9.91. The van der Waals surface area contributed by atoms with E-state index in [1.807, 2.05) is 6.07 Å². The van der Waals surface area contributed by atoms with Crippen molar-refractivity contribution in [2.75, 3.05) is 13.2 Å². The predicted molar refractivity (Wildman–Crippen MR) is 81.9 cm³/mol. The third kappa shape index (κ3) is 3.50. The molecule has 2 aliphatic rings. The lowest BCUT2D eigenvalue weighted by Gasteiger charge is -2.30. The molecule has 21 heavy (non-hydrogen) atoms.